The highest BCUT2D eigenvalue weighted by Crippen LogP contribution is 2.38. The van der Waals surface area contributed by atoms with Crippen molar-refractivity contribution in [3.8, 4) is 0 Å². The van der Waals surface area contributed by atoms with Crippen LogP contribution in [0.3, 0.4) is 0 Å². The molecule has 0 saturated carbocycles. The van der Waals surface area contributed by atoms with Gasteiger partial charge in [-0.15, -0.1) is 0 Å². The van der Waals surface area contributed by atoms with Gasteiger partial charge in [0.05, 0.1) is 23.7 Å². The Labute approximate surface area is 239 Å². The molecule has 5 N–H and O–H groups in total. The van der Waals surface area contributed by atoms with Gasteiger partial charge in [0, 0.05) is 38.2 Å². The van der Waals surface area contributed by atoms with E-state index in [0.717, 1.165) is 17.7 Å². The molecule has 0 aliphatic carbocycles. The Morgan fingerprint density at radius 3 is 2.67 bits per heavy atom. The normalized spacial score (nSPS) is 19.2. The van der Waals surface area contributed by atoms with Crippen molar-refractivity contribution >= 4 is 29.5 Å². The van der Waals surface area contributed by atoms with Crippen LogP contribution in [0.5, 0.6) is 0 Å². The van der Waals surface area contributed by atoms with Gasteiger partial charge in [0.15, 0.2) is 0 Å². The van der Waals surface area contributed by atoms with Crippen LogP contribution in [0.2, 0.25) is 0 Å². The number of halogens is 3. The molecule has 1 fully saturated rings. The predicted molar refractivity (Wildman–Crippen MR) is 152 cm³/mol. The highest BCUT2D eigenvalue weighted by molar-refractivity contribution is 5.78. The lowest BCUT2D eigenvalue weighted by Crippen LogP contribution is -2.41. The van der Waals surface area contributed by atoms with Crippen molar-refractivity contribution in [3.63, 3.8) is 0 Å². The molecule has 1 unspecified atom stereocenters. The summed E-state index contributed by atoms with van der Waals surface area (Å²) in [5.74, 6) is 1.17. The topological polar surface area (TPSA) is 137 Å². The number of aromatic amines is 1. The second-order valence-electron chi connectivity index (χ2n) is 10.5. The van der Waals surface area contributed by atoms with Crippen molar-refractivity contribution < 1.29 is 27.8 Å². The van der Waals surface area contributed by atoms with Gasteiger partial charge >= 0.3 is 18.0 Å². The third-order valence-corrected chi connectivity index (χ3v) is 7.52. The molecule has 3 heterocycles. The van der Waals surface area contributed by atoms with Crippen molar-refractivity contribution in [2.75, 3.05) is 36.1 Å². The van der Waals surface area contributed by atoms with Gasteiger partial charge in [-0.05, 0) is 42.3 Å². The Kier molecular flexibility index (Phi) is 7.76. The second kappa shape index (κ2) is 11.3. The Morgan fingerprint density at radius 2 is 2.00 bits per heavy atom. The summed E-state index contributed by atoms with van der Waals surface area (Å²) in [7, 11) is 1.79. The quantitative estimate of drug-likeness (QED) is 0.293. The molecule has 5 rings (SSSR count). The number of nitrogen functional groups attached to an aromatic ring is 1. The smallest absolute Gasteiger partial charge is 0.416 e. The Morgan fingerprint density at radius 1 is 1.26 bits per heavy atom. The molecule has 222 valence electrons. The molecule has 2 aliphatic heterocycles. The average Bonchev–Trinajstić information content (AvgIpc) is 3.40. The summed E-state index contributed by atoms with van der Waals surface area (Å²) in [5.41, 5.74) is 6.01. The predicted octanol–water partition coefficient (Wildman–Crippen LogP) is 4.71. The van der Waals surface area contributed by atoms with Gasteiger partial charge in [-0.25, -0.2) is 9.59 Å². The minimum Gasteiger partial charge on any atom is -0.491 e. The van der Waals surface area contributed by atoms with E-state index in [4.69, 9.17) is 10.5 Å². The van der Waals surface area contributed by atoms with Crippen molar-refractivity contribution in [1.82, 2.24) is 14.9 Å². The van der Waals surface area contributed by atoms with Crippen LogP contribution < -0.4 is 21.6 Å². The number of nitrogens with two attached hydrogens (primary N) is 1. The molecule has 0 bridgehead atoms. The summed E-state index contributed by atoms with van der Waals surface area (Å²) in [6.07, 6.45) is -3.17. The molecule has 2 aliphatic rings. The molecule has 10 nitrogen and oxygen atoms in total. The van der Waals surface area contributed by atoms with Gasteiger partial charge in [-0.3, -0.25) is 4.98 Å². The number of nitrogens with one attached hydrogen (secondary N) is 2. The summed E-state index contributed by atoms with van der Waals surface area (Å²) in [6.45, 7) is 2.22. The maximum absolute atomic E-state index is 13.4. The molecule has 2 aromatic carbocycles. The van der Waals surface area contributed by atoms with Crippen molar-refractivity contribution in [2.24, 2.45) is 0 Å². The first-order valence-corrected chi connectivity index (χ1v) is 13.4. The van der Waals surface area contributed by atoms with Crippen LogP contribution in [0.15, 0.2) is 59.1 Å². The number of H-pyrrole nitrogens is 1. The Hall–Kier alpha value is -4.68. The van der Waals surface area contributed by atoms with Gasteiger partial charge < -0.3 is 30.7 Å². The third-order valence-electron chi connectivity index (χ3n) is 7.52. The second-order valence-corrected chi connectivity index (χ2v) is 10.5. The summed E-state index contributed by atoms with van der Waals surface area (Å²) < 4.78 is 46.7. The van der Waals surface area contributed by atoms with Crippen molar-refractivity contribution in [3.05, 3.63) is 87.0 Å². The molecule has 42 heavy (non-hydrogen) atoms. The fourth-order valence-electron chi connectivity index (χ4n) is 5.33. The number of ether oxygens (including phenoxy) is 1. The van der Waals surface area contributed by atoms with Crippen molar-refractivity contribution in [1.29, 1.82) is 0 Å². The number of hydrogen-bond donors (Lipinski definition) is 4. The molecular weight excluding hydrogens is 553 g/mol. The number of carbonyl (C=O) groups is 1. The molecule has 1 saturated heterocycles. The first kappa shape index (κ1) is 28.8. The minimum atomic E-state index is -4.57. The SMILES string of the molecule is C[C@@H](Nc1[nH]c(=O)nc2c1C=C(O[C@@H]1CCN(C(=O)O)C1)C(Cc1ccccc1)N2C)c1cc(N)cc(C(F)(F)F)c1. The van der Waals surface area contributed by atoms with Crippen LogP contribution in [0, 0.1) is 0 Å². The fraction of sp³-hybridized carbons (Fsp3) is 0.345. The van der Waals surface area contributed by atoms with E-state index < -0.39 is 29.6 Å². The number of likely N-dealkylation sites (N-methyl/N-ethyl adjacent to an activating group) is 1. The minimum absolute atomic E-state index is 0.0373. The van der Waals surface area contributed by atoms with Gasteiger partial charge in [-0.2, -0.15) is 18.2 Å². The van der Waals surface area contributed by atoms with Gasteiger partial charge in [-0.1, -0.05) is 30.3 Å². The molecular formula is C29H31F3N6O4. The molecule has 0 spiro atoms. The van der Waals surface area contributed by atoms with Gasteiger partial charge in [0.2, 0.25) is 0 Å². The maximum Gasteiger partial charge on any atom is 0.416 e. The first-order valence-electron chi connectivity index (χ1n) is 13.4. The lowest BCUT2D eigenvalue weighted by Gasteiger charge is -2.37. The number of alkyl halides is 3. The van der Waals surface area contributed by atoms with Crippen molar-refractivity contribution in [2.45, 2.75) is 44.1 Å². The lowest BCUT2D eigenvalue weighted by molar-refractivity contribution is -0.137. The highest BCUT2D eigenvalue weighted by Gasteiger charge is 2.35. The first-order chi connectivity index (χ1) is 19.9. The van der Waals surface area contributed by atoms with E-state index in [-0.39, 0.29) is 35.8 Å². The zero-order chi connectivity index (χ0) is 30.2. The van der Waals surface area contributed by atoms with Crippen LogP contribution >= 0.6 is 0 Å². The molecule has 3 atom stereocenters. The summed E-state index contributed by atoms with van der Waals surface area (Å²) in [5, 5.41) is 12.5. The number of rotatable bonds is 7. The monoisotopic (exact) mass is 584 g/mol. The third kappa shape index (κ3) is 6.14. The molecule has 1 aromatic heterocycles. The van der Waals surface area contributed by atoms with Gasteiger partial charge in [0.25, 0.3) is 0 Å². The number of benzene rings is 2. The van der Waals surface area contributed by atoms with Gasteiger partial charge in [0.1, 0.15) is 23.5 Å². The van der Waals surface area contributed by atoms with Crippen LogP contribution in [0.4, 0.5) is 35.3 Å². The summed E-state index contributed by atoms with van der Waals surface area (Å²) in [6, 6.07) is 12.0. The van der Waals surface area contributed by atoms with E-state index in [9.17, 15) is 27.9 Å². The van der Waals surface area contributed by atoms with Crippen LogP contribution in [0.25, 0.3) is 6.08 Å². The number of aromatic nitrogens is 2. The molecule has 0 radical (unpaired) electrons. The van der Waals surface area contributed by atoms with E-state index >= 15 is 0 Å². The number of nitrogens with zero attached hydrogens (tertiary/aromatic N) is 3. The van der Waals surface area contributed by atoms with Crippen LogP contribution in [0.1, 0.15) is 41.6 Å². The van der Waals surface area contributed by atoms with E-state index in [2.05, 4.69) is 15.3 Å². The Balaban J connectivity index is 1.52. The number of anilines is 3. The zero-order valence-corrected chi connectivity index (χ0v) is 23.0. The number of amides is 1. The number of hydrogen-bond acceptors (Lipinski definition) is 7. The number of carboxylic acid groups (broad SMARTS) is 1. The zero-order valence-electron chi connectivity index (χ0n) is 23.0. The van der Waals surface area contributed by atoms with E-state index in [1.165, 1.54) is 11.0 Å². The van der Waals surface area contributed by atoms with E-state index in [0.29, 0.717) is 36.5 Å². The molecule has 3 aromatic rings. The number of fused-ring (bicyclic) bond motifs is 1. The van der Waals surface area contributed by atoms with Crippen LogP contribution in [-0.4, -0.2) is 58.4 Å². The standard InChI is InChI=1S/C29H31F3N6O4/c1-16(18-11-19(29(30,31)32)13-20(33)12-18)34-25-22-14-24(42-21-8-9-38(15-21)28(40)41)23(10-17-6-4-3-5-7-17)37(2)26(22)36-27(39)35-25/h3-7,11-14,16,21,23H,8-10,15,33H2,1-2H3,(H,40,41)(H2,34,35,36,39)/t16-,21-,23?/m1/s1. The Bertz CT molecular complexity index is 1560. The fourth-order valence-corrected chi connectivity index (χ4v) is 5.33. The highest BCUT2D eigenvalue weighted by atomic mass is 19.4. The summed E-state index contributed by atoms with van der Waals surface area (Å²) >= 11 is 0. The summed E-state index contributed by atoms with van der Waals surface area (Å²) in [4.78, 5) is 34.2. The average molecular weight is 585 g/mol. The number of likely N-dealkylation sites (tertiary alicyclic amines) is 1. The van der Waals surface area contributed by atoms with Crippen LogP contribution in [-0.2, 0) is 17.3 Å². The largest absolute Gasteiger partial charge is 0.491 e. The van der Waals surface area contributed by atoms with E-state index in [1.807, 2.05) is 35.2 Å². The molecule has 13 heteroatoms. The molecule has 1 amide bonds. The lowest BCUT2D eigenvalue weighted by atomic mass is 9.97. The maximum atomic E-state index is 13.4. The van der Waals surface area contributed by atoms with E-state index in [1.54, 1.807) is 20.0 Å².